The largest absolute Gasteiger partial charge is 0.390 e. The molecule has 0 radical (unpaired) electrons. The number of halogens is 1. The molecule has 2 aliphatic carbocycles. The van der Waals surface area contributed by atoms with Gasteiger partial charge in [0.05, 0.1) is 12.1 Å². The number of aliphatic hydroxyl groups excluding tert-OH is 1. The van der Waals surface area contributed by atoms with E-state index in [1.54, 1.807) is 24.3 Å². The topological polar surface area (TPSA) is 49.3 Å². The van der Waals surface area contributed by atoms with E-state index in [9.17, 15) is 9.90 Å². The minimum absolute atomic E-state index is 0.156. The lowest BCUT2D eigenvalue weighted by atomic mass is 9.98. The maximum absolute atomic E-state index is 12.0. The van der Waals surface area contributed by atoms with Crippen LogP contribution in [0.3, 0.4) is 0 Å². The number of amides is 1. The molecule has 0 saturated heterocycles. The number of aliphatic hydroxyl groups is 1. The van der Waals surface area contributed by atoms with Gasteiger partial charge in [-0.1, -0.05) is 23.8 Å². The van der Waals surface area contributed by atoms with Gasteiger partial charge in [-0.3, -0.25) is 4.79 Å². The van der Waals surface area contributed by atoms with E-state index in [2.05, 4.69) is 11.4 Å². The second-order valence-corrected chi connectivity index (χ2v) is 5.38. The van der Waals surface area contributed by atoms with Crippen LogP contribution in [0.4, 0.5) is 0 Å². The van der Waals surface area contributed by atoms with Crippen LogP contribution in [0.25, 0.3) is 0 Å². The number of hydrogen-bond donors (Lipinski definition) is 2. The number of nitrogens with one attached hydrogen (secondary N) is 1. The summed E-state index contributed by atoms with van der Waals surface area (Å²) in [5.41, 5.74) is 0.568. The van der Waals surface area contributed by atoms with E-state index < -0.39 is 6.10 Å². The Kier molecular flexibility index (Phi) is 2.88. The molecule has 0 spiro atoms. The summed E-state index contributed by atoms with van der Waals surface area (Å²) in [6, 6.07) is 6.59. The molecule has 2 N–H and O–H groups in total. The van der Waals surface area contributed by atoms with Gasteiger partial charge in [0.1, 0.15) is 0 Å². The Labute approximate surface area is 110 Å². The van der Waals surface area contributed by atoms with Crippen molar-refractivity contribution < 1.29 is 9.90 Å². The first-order chi connectivity index (χ1) is 8.65. The van der Waals surface area contributed by atoms with Gasteiger partial charge < -0.3 is 10.4 Å². The highest BCUT2D eigenvalue weighted by Gasteiger charge is 2.44. The van der Waals surface area contributed by atoms with E-state index in [1.165, 1.54) is 0 Å². The summed E-state index contributed by atoms with van der Waals surface area (Å²) < 4.78 is 0. The molecule has 3 rings (SSSR count). The molecule has 1 aromatic rings. The highest BCUT2D eigenvalue weighted by Crippen LogP contribution is 2.39. The number of fused-ring (bicyclic) bond motifs is 2. The predicted molar refractivity (Wildman–Crippen MR) is 69.5 cm³/mol. The highest BCUT2D eigenvalue weighted by atomic mass is 35.5. The first-order valence-corrected chi connectivity index (χ1v) is 6.46. The fraction of sp³-hybridized carbons (Fsp3) is 0.357. The van der Waals surface area contributed by atoms with Crippen molar-refractivity contribution in [3.8, 4) is 0 Å². The van der Waals surface area contributed by atoms with Gasteiger partial charge in [-0.2, -0.15) is 0 Å². The average molecular weight is 264 g/mol. The standard InChI is InChI=1S/C14H14ClNO2/c15-11-5-3-8(4-6-11)14(18)16-12-9-1-2-10(7-9)13(12)17/h1-6,9-10,12-13,17H,7H2,(H,16,18). The van der Waals surface area contributed by atoms with Crippen molar-refractivity contribution in [1.29, 1.82) is 0 Å². The van der Waals surface area contributed by atoms with Crippen molar-refractivity contribution >= 4 is 17.5 Å². The molecule has 2 aliphatic rings. The highest BCUT2D eigenvalue weighted by molar-refractivity contribution is 6.30. The lowest BCUT2D eigenvalue weighted by molar-refractivity contribution is 0.0810. The number of hydrogen-bond acceptors (Lipinski definition) is 2. The Hall–Kier alpha value is -1.32. The van der Waals surface area contributed by atoms with E-state index in [0.717, 1.165) is 6.42 Å². The van der Waals surface area contributed by atoms with Gasteiger partial charge in [0.15, 0.2) is 0 Å². The first kappa shape index (κ1) is 11.8. The molecule has 1 amide bonds. The molecule has 4 unspecified atom stereocenters. The molecule has 0 heterocycles. The smallest absolute Gasteiger partial charge is 0.251 e. The Morgan fingerprint density at radius 3 is 2.50 bits per heavy atom. The molecule has 94 valence electrons. The Balaban J connectivity index is 1.72. The average Bonchev–Trinajstić information content (AvgIpc) is 2.94. The predicted octanol–water partition coefficient (Wildman–Crippen LogP) is 2.01. The summed E-state index contributed by atoms with van der Waals surface area (Å²) in [7, 11) is 0. The van der Waals surface area contributed by atoms with Crippen LogP contribution in [0.15, 0.2) is 36.4 Å². The SMILES string of the molecule is O=C(NC1C2C=CC(C2)C1O)c1ccc(Cl)cc1. The van der Waals surface area contributed by atoms with Crippen LogP contribution in [0.1, 0.15) is 16.8 Å². The number of benzene rings is 1. The molecule has 4 heteroatoms. The molecule has 4 atom stereocenters. The molecular formula is C14H14ClNO2. The van der Waals surface area contributed by atoms with Crippen LogP contribution >= 0.6 is 11.6 Å². The molecule has 2 bridgehead atoms. The maximum Gasteiger partial charge on any atom is 0.251 e. The number of carbonyl (C=O) groups is 1. The van der Waals surface area contributed by atoms with Crippen molar-refractivity contribution in [3.63, 3.8) is 0 Å². The monoisotopic (exact) mass is 263 g/mol. The van der Waals surface area contributed by atoms with Crippen molar-refractivity contribution in [1.82, 2.24) is 5.32 Å². The van der Waals surface area contributed by atoms with Gasteiger partial charge in [-0.05, 0) is 30.7 Å². The summed E-state index contributed by atoms with van der Waals surface area (Å²) >= 11 is 5.78. The molecule has 0 aromatic heterocycles. The number of carbonyl (C=O) groups excluding carboxylic acids is 1. The third-order valence-corrected chi connectivity index (χ3v) is 4.07. The summed E-state index contributed by atoms with van der Waals surface area (Å²) in [5, 5.41) is 13.6. The minimum atomic E-state index is -0.462. The Morgan fingerprint density at radius 1 is 1.22 bits per heavy atom. The molecule has 18 heavy (non-hydrogen) atoms. The van der Waals surface area contributed by atoms with Crippen LogP contribution in [-0.2, 0) is 0 Å². The summed E-state index contributed by atoms with van der Waals surface area (Å²) in [6.07, 6.45) is 4.60. The third-order valence-electron chi connectivity index (χ3n) is 3.82. The van der Waals surface area contributed by atoms with Crippen LogP contribution in [-0.4, -0.2) is 23.2 Å². The second kappa shape index (κ2) is 4.41. The quantitative estimate of drug-likeness (QED) is 0.802. The van der Waals surface area contributed by atoms with E-state index in [1.807, 2.05) is 6.08 Å². The van der Waals surface area contributed by atoms with E-state index in [-0.39, 0.29) is 23.8 Å². The second-order valence-electron chi connectivity index (χ2n) is 4.95. The van der Waals surface area contributed by atoms with Gasteiger partial charge in [-0.15, -0.1) is 0 Å². The van der Waals surface area contributed by atoms with E-state index in [0.29, 0.717) is 10.6 Å². The van der Waals surface area contributed by atoms with Gasteiger partial charge in [-0.25, -0.2) is 0 Å². The fourth-order valence-electron chi connectivity index (χ4n) is 2.82. The van der Waals surface area contributed by atoms with Gasteiger partial charge in [0, 0.05) is 22.4 Å². The van der Waals surface area contributed by atoms with Gasteiger partial charge >= 0.3 is 0 Å². The fourth-order valence-corrected chi connectivity index (χ4v) is 2.95. The minimum Gasteiger partial charge on any atom is -0.390 e. The molecule has 1 fully saturated rings. The van der Waals surface area contributed by atoms with Crippen molar-refractivity contribution in [2.24, 2.45) is 11.8 Å². The zero-order valence-corrected chi connectivity index (χ0v) is 10.5. The van der Waals surface area contributed by atoms with Crippen molar-refractivity contribution in [2.75, 3.05) is 0 Å². The lowest BCUT2D eigenvalue weighted by Gasteiger charge is -2.24. The van der Waals surface area contributed by atoms with Crippen LogP contribution < -0.4 is 5.32 Å². The number of rotatable bonds is 2. The van der Waals surface area contributed by atoms with Crippen LogP contribution in [0.2, 0.25) is 5.02 Å². The van der Waals surface area contributed by atoms with E-state index in [4.69, 9.17) is 11.6 Å². The van der Waals surface area contributed by atoms with Gasteiger partial charge in [0.25, 0.3) is 5.91 Å². The van der Waals surface area contributed by atoms with Crippen molar-refractivity contribution in [3.05, 3.63) is 47.0 Å². The molecule has 1 aromatic carbocycles. The lowest BCUT2D eigenvalue weighted by Crippen LogP contribution is -2.45. The summed E-state index contributed by atoms with van der Waals surface area (Å²) in [4.78, 5) is 12.0. The summed E-state index contributed by atoms with van der Waals surface area (Å²) in [6.45, 7) is 0. The summed E-state index contributed by atoms with van der Waals surface area (Å²) in [5.74, 6) is 0.309. The van der Waals surface area contributed by atoms with Crippen LogP contribution in [0, 0.1) is 11.8 Å². The molecule has 3 nitrogen and oxygen atoms in total. The van der Waals surface area contributed by atoms with Gasteiger partial charge in [0.2, 0.25) is 0 Å². The molecule has 0 aliphatic heterocycles. The third kappa shape index (κ3) is 1.93. The maximum atomic E-state index is 12.0. The van der Waals surface area contributed by atoms with E-state index >= 15 is 0 Å². The first-order valence-electron chi connectivity index (χ1n) is 6.08. The Morgan fingerprint density at radius 2 is 1.89 bits per heavy atom. The zero-order chi connectivity index (χ0) is 12.7. The molecule has 1 saturated carbocycles. The zero-order valence-electron chi connectivity index (χ0n) is 9.71. The normalized spacial score (nSPS) is 32.8. The van der Waals surface area contributed by atoms with Crippen LogP contribution in [0.5, 0.6) is 0 Å². The Bertz CT molecular complexity index is 497. The molecular weight excluding hydrogens is 250 g/mol. The van der Waals surface area contributed by atoms with Crippen molar-refractivity contribution in [2.45, 2.75) is 18.6 Å².